The van der Waals surface area contributed by atoms with Crippen LogP contribution in [0.4, 0.5) is 0 Å². The lowest BCUT2D eigenvalue weighted by molar-refractivity contribution is -0.326. The molecule has 0 aliphatic rings. The van der Waals surface area contributed by atoms with E-state index in [1.165, 1.54) is 19.3 Å². The van der Waals surface area contributed by atoms with E-state index in [1.54, 1.807) is 0 Å². The normalized spacial score (nSPS) is 12.4. The van der Waals surface area contributed by atoms with Crippen LogP contribution in [0.5, 0.6) is 5.75 Å². The van der Waals surface area contributed by atoms with Crippen LogP contribution in [-0.2, 0) is 4.89 Å². The number of para-hydroxylation sites is 1. The summed E-state index contributed by atoms with van der Waals surface area (Å²) in [6.45, 7) is 2.19. The van der Waals surface area contributed by atoms with Gasteiger partial charge in [0.05, 0.1) is 0 Å². The maximum absolute atomic E-state index is 8.77. The van der Waals surface area contributed by atoms with E-state index in [9.17, 15) is 0 Å². The maximum atomic E-state index is 8.77. The lowest BCUT2D eigenvalue weighted by Crippen LogP contribution is -2.18. The second kappa shape index (κ2) is 9.02. The highest BCUT2D eigenvalue weighted by molar-refractivity contribution is 5.20. The monoisotopic (exact) mass is 238 g/mol. The van der Waals surface area contributed by atoms with Gasteiger partial charge >= 0.3 is 0 Å². The highest BCUT2D eigenvalue weighted by atomic mass is 17.1. The van der Waals surface area contributed by atoms with Crippen molar-refractivity contribution < 1.29 is 14.9 Å². The second-order valence-electron chi connectivity index (χ2n) is 4.17. The van der Waals surface area contributed by atoms with E-state index in [0.29, 0.717) is 0 Å². The third kappa shape index (κ3) is 6.29. The predicted octanol–water partition coefficient (Wildman–Crippen LogP) is 4.24. The number of ether oxygens (including phenoxy) is 1. The minimum atomic E-state index is -0.556. The Morgan fingerprint density at radius 2 is 1.76 bits per heavy atom. The Hall–Kier alpha value is -1.06. The first-order valence-electron chi connectivity index (χ1n) is 6.38. The van der Waals surface area contributed by atoms with Crippen molar-refractivity contribution in [3.63, 3.8) is 0 Å². The standard InChI is InChI=1S/C14H22O3/c1-2-3-4-5-9-12-14(17-15)16-13-10-7-6-8-11-13/h6-8,10-11,14-15H,2-5,9,12H2,1H3. The van der Waals surface area contributed by atoms with E-state index in [0.717, 1.165) is 25.0 Å². The number of benzene rings is 1. The van der Waals surface area contributed by atoms with Crippen LogP contribution in [0.2, 0.25) is 0 Å². The fourth-order valence-corrected chi connectivity index (χ4v) is 1.70. The zero-order chi connectivity index (χ0) is 12.3. The van der Waals surface area contributed by atoms with Gasteiger partial charge < -0.3 is 4.74 Å². The summed E-state index contributed by atoms with van der Waals surface area (Å²) >= 11 is 0. The average molecular weight is 238 g/mol. The molecule has 1 aromatic carbocycles. The van der Waals surface area contributed by atoms with E-state index in [-0.39, 0.29) is 0 Å². The zero-order valence-corrected chi connectivity index (χ0v) is 10.5. The van der Waals surface area contributed by atoms with Crippen molar-refractivity contribution in [2.45, 2.75) is 51.7 Å². The maximum Gasteiger partial charge on any atom is 0.230 e. The Kier molecular flexibility index (Phi) is 7.43. The summed E-state index contributed by atoms with van der Waals surface area (Å²) < 4.78 is 5.50. The lowest BCUT2D eigenvalue weighted by Gasteiger charge is -2.15. The van der Waals surface area contributed by atoms with Gasteiger partial charge in [-0.2, -0.15) is 4.89 Å². The van der Waals surface area contributed by atoms with Crippen molar-refractivity contribution in [2.75, 3.05) is 0 Å². The molecule has 0 spiro atoms. The largest absolute Gasteiger partial charge is 0.462 e. The SMILES string of the molecule is CCCCCCCC(OO)Oc1ccccc1. The molecular weight excluding hydrogens is 216 g/mol. The Balaban J connectivity index is 2.20. The molecule has 3 heteroatoms. The molecule has 17 heavy (non-hydrogen) atoms. The first-order valence-corrected chi connectivity index (χ1v) is 6.38. The zero-order valence-electron chi connectivity index (χ0n) is 10.5. The molecule has 1 N–H and O–H groups in total. The van der Waals surface area contributed by atoms with Crippen LogP contribution in [0.25, 0.3) is 0 Å². The van der Waals surface area contributed by atoms with Crippen LogP contribution >= 0.6 is 0 Å². The highest BCUT2D eigenvalue weighted by Crippen LogP contribution is 2.15. The molecule has 1 atom stereocenters. The second-order valence-corrected chi connectivity index (χ2v) is 4.17. The number of rotatable bonds is 9. The molecule has 1 rings (SSSR count). The lowest BCUT2D eigenvalue weighted by atomic mass is 10.1. The van der Waals surface area contributed by atoms with Crippen LogP contribution < -0.4 is 4.74 Å². The third-order valence-corrected chi connectivity index (χ3v) is 2.67. The molecule has 0 aliphatic carbocycles. The summed E-state index contributed by atoms with van der Waals surface area (Å²) in [4.78, 5) is 4.34. The molecule has 96 valence electrons. The minimum Gasteiger partial charge on any atom is -0.462 e. The summed E-state index contributed by atoms with van der Waals surface area (Å²) in [5.74, 6) is 0.722. The molecule has 0 radical (unpaired) electrons. The van der Waals surface area contributed by atoms with Crippen LogP contribution in [0.15, 0.2) is 30.3 Å². The van der Waals surface area contributed by atoms with Gasteiger partial charge in [0.2, 0.25) is 6.29 Å². The molecule has 3 nitrogen and oxygen atoms in total. The van der Waals surface area contributed by atoms with E-state index in [2.05, 4.69) is 11.8 Å². The van der Waals surface area contributed by atoms with Crippen molar-refractivity contribution in [1.82, 2.24) is 0 Å². The summed E-state index contributed by atoms with van der Waals surface area (Å²) in [6.07, 6.45) is 6.07. The Bertz CT molecular complexity index is 274. The molecule has 0 heterocycles. The van der Waals surface area contributed by atoms with E-state index < -0.39 is 6.29 Å². The first kappa shape index (κ1) is 14.0. The Labute approximate surface area is 103 Å². The van der Waals surface area contributed by atoms with E-state index in [1.807, 2.05) is 30.3 Å². The number of hydrogen-bond acceptors (Lipinski definition) is 3. The third-order valence-electron chi connectivity index (χ3n) is 2.67. The molecule has 1 unspecified atom stereocenters. The number of hydrogen-bond donors (Lipinski definition) is 1. The Morgan fingerprint density at radius 3 is 2.41 bits per heavy atom. The molecule has 0 saturated heterocycles. The van der Waals surface area contributed by atoms with Crippen LogP contribution in [0, 0.1) is 0 Å². The fourth-order valence-electron chi connectivity index (χ4n) is 1.70. The van der Waals surface area contributed by atoms with Gasteiger partial charge in [0.15, 0.2) is 0 Å². The van der Waals surface area contributed by atoms with Crippen LogP contribution in [0.3, 0.4) is 0 Å². The molecule has 0 fully saturated rings. The molecular formula is C14H22O3. The van der Waals surface area contributed by atoms with Crippen molar-refractivity contribution in [3.8, 4) is 5.75 Å². The van der Waals surface area contributed by atoms with Gasteiger partial charge in [-0.3, -0.25) is 0 Å². The first-order chi connectivity index (χ1) is 8.36. The summed E-state index contributed by atoms with van der Waals surface area (Å²) in [6, 6.07) is 9.41. The smallest absolute Gasteiger partial charge is 0.230 e. The Morgan fingerprint density at radius 1 is 1.06 bits per heavy atom. The molecule has 0 amide bonds. The van der Waals surface area contributed by atoms with Crippen molar-refractivity contribution in [2.24, 2.45) is 0 Å². The topological polar surface area (TPSA) is 38.7 Å². The van der Waals surface area contributed by atoms with E-state index in [4.69, 9.17) is 9.99 Å². The van der Waals surface area contributed by atoms with Gasteiger partial charge in [0, 0.05) is 6.42 Å². The van der Waals surface area contributed by atoms with Crippen molar-refractivity contribution in [3.05, 3.63) is 30.3 Å². The van der Waals surface area contributed by atoms with Crippen molar-refractivity contribution >= 4 is 0 Å². The van der Waals surface area contributed by atoms with Gasteiger partial charge in [-0.1, -0.05) is 50.8 Å². The molecule has 0 saturated carbocycles. The molecule has 0 aromatic heterocycles. The van der Waals surface area contributed by atoms with Gasteiger partial charge in [0.1, 0.15) is 5.75 Å². The molecule has 1 aromatic rings. The van der Waals surface area contributed by atoms with Crippen LogP contribution in [-0.4, -0.2) is 11.5 Å². The summed E-state index contributed by atoms with van der Waals surface area (Å²) in [5, 5.41) is 8.77. The van der Waals surface area contributed by atoms with Gasteiger partial charge in [-0.15, -0.1) is 0 Å². The van der Waals surface area contributed by atoms with Gasteiger partial charge in [-0.25, -0.2) is 5.26 Å². The molecule has 0 aliphatic heterocycles. The highest BCUT2D eigenvalue weighted by Gasteiger charge is 2.09. The summed E-state index contributed by atoms with van der Waals surface area (Å²) in [7, 11) is 0. The minimum absolute atomic E-state index is 0.556. The fraction of sp³-hybridized carbons (Fsp3) is 0.571. The van der Waals surface area contributed by atoms with Gasteiger partial charge in [0.25, 0.3) is 0 Å². The average Bonchev–Trinajstić information content (AvgIpc) is 2.38. The van der Waals surface area contributed by atoms with Gasteiger partial charge in [-0.05, 0) is 18.6 Å². The molecule has 0 bridgehead atoms. The van der Waals surface area contributed by atoms with Crippen molar-refractivity contribution in [1.29, 1.82) is 0 Å². The summed E-state index contributed by atoms with van der Waals surface area (Å²) in [5.41, 5.74) is 0. The van der Waals surface area contributed by atoms with E-state index >= 15 is 0 Å². The predicted molar refractivity (Wildman–Crippen MR) is 67.9 cm³/mol. The number of unbranched alkanes of at least 4 members (excludes halogenated alkanes) is 4. The van der Waals surface area contributed by atoms with Crippen LogP contribution in [0.1, 0.15) is 45.4 Å². The quantitative estimate of drug-likeness (QED) is 0.302.